The van der Waals surface area contributed by atoms with Crippen LogP contribution in [0.5, 0.6) is 0 Å². The van der Waals surface area contributed by atoms with Crippen molar-refractivity contribution in [1.82, 2.24) is 9.80 Å². The van der Waals surface area contributed by atoms with Crippen LogP contribution in [0.3, 0.4) is 0 Å². The number of likely N-dealkylation sites (tertiary alicyclic amines) is 2. The molecule has 0 amide bonds. The highest BCUT2D eigenvalue weighted by Crippen LogP contribution is 2.24. The molecule has 4 aromatic rings. The molecule has 2 heterocycles. The van der Waals surface area contributed by atoms with Crippen LogP contribution in [0.25, 0.3) is 0 Å². The molecule has 324 valence electrons. The number of rotatable bonds is 19. The molecular weight excluding hydrogens is 799 g/mol. The highest BCUT2D eigenvalue weighted by molar-refractivity contribution is 7.93. The summed E-state index contributed by atoms with van der Waals surface area (Å²) in [6, 6.07) is 32.2. The predicted octanol–water partition coefficient (Wildman–Crippen LogP) is 6.73. The molecule has 2 fully saturated rings. The van der Waals surface area contributed by atoms with E-state index in [1.807, 2.05) is 60.7 Å². The molecule has 6 rings (SSSR count). The molecule has 14 heteroatoms. The Balaban J connectivity index is 0.000000228. The third-order valence-corrected chi connectivity index (χ3v) is 14.5. The van der Waals surface area contributed by atoms with E-state index in [1.165, 1.54) is 54.2 Å². The maximum absolute atomic E-state index is 13.2. The quantitative estimate of drug-likeness (QED) is 0.0795. The third-order valence-electron chi connectivity index (χ3n) is 10.9. The number of nitrogens with zero attached hydrogens (tertiary/aromatic N) is 4. The average molecular weight is 860 g/mol. The van der Waals surface area contributed by atoms with Crippen LogP contribution < -0.4 is 14.3 Å². The number of hydrogen-bond donors (Lipinski definition) is 1. The van der Waals surface area contributed by atoms with E-state index in [2.05, 4.69) is 9.80 Å². The van der Waals surface area contributed by atoms with Gasteiger partial charge in [0.25, 0.3) is 0 Å². The number of ketones is 1. The highest BCUT2D eigenvalue weighted by atomic mass is 32.2. The van der Waals surface area contributed by atoms with Crippen LogP contribution in [0.2, 0.25) is 0 Å². The predicted molar refractivity (Wildman–Crippen MR) is 240 cm³/mol. The van der Waals surface area contributed by atoms with Gasteiger partial charge in [-0.1, -0.05) is 85.6 Å². The Morgan fingerprint density at radius 1 is 0.567 bits per heavy atom. The molecule has 0 aliphatic carbocycles. The van der Waals surface area contributed by atoms with Crippen molar-refractivity contribution in [1.29, 1.82) is 0 Å². The van der Waals surface area contributed by atoms with E-state index in [0.717, 1.165) is 50.4 Å². The van der Waals surface area contributed by atoms with Crippen LogP contribution in [-0.2, 0) is 37.9 Å². The van der Waals surface area contributed by atoms with E-state index in [-0.39, 0.29) is 36.9 Å². The van der Waals surface area contributed by atoms with E-state index in [1.54, 1.807) is 48.5 Å². The lowest BCUT2D eigenvalue weighted by atomic mass is 10.1. The first kappa shape index (κ1) is 46.5. The fourth-order valence-corrected chi connectivity index (χ4v) is 10.5. The first-order valence-corrected chi connectivity index (χ1v) is 24.3. The smallest absolute Gasteiger partial charge is 0.337 e. The van der Waals surface area contributed by atoms with Crippen LogP contribution in [0.15, 0.2) is 109 Å². The van der Waals surface area contributed by atoms with Gasteiger partial charge in [0.15, 0.2) is 5.78 Å². The summed E-state index contributed by atoms with van der Waals surface area (Å²) in [5.74, 6) is -0.320. The van der Waals surface area contributed by atoms with Crippen LogP contribution in [-0.4, -0.2) is 103 Å². The molecule has 0 unspecified atom stereocenters. The normalized spacial score (nSPS) is 15.0. The summed E-state index contributed by atoms with van der Waals surface area (Å²) in [4.78, 5) is 28.1. The Hall–Kier alpha value is -4.60. The summed E-state index contributed by atoms with van der Waals surface area (Å²) in [7, 11) is -5.64. The minimum absolute atomic E-state index is 0.0408. The van der Waals surface area contributed by atoms with Crippen molar-refractivity contribution < 1.29 is 31.2 Å². The van der Waals surface area contributed by atoms with Crippen molar-refractivity contribution in [2.75, 3.05) is 73.0 Å². The molecule has 2 N–H and O–H groups in total. The first-order valence-electron chi connectivity index (χ1n) is 21.0. The molecule has 0 bridgehead atoms. The van der Waals surface area contributed by atoms with Crippen LogP contribution in [0.1, 0.15) is 83.2 Å². The Bertz CT molecular complexity index is 1970. The molecule has 0 saturated carbocycles. The summed E-state index contributed by atoms with van der Waals surface area (Å²) in [6.07, 6.45) is 8.58. The van der Waals surface area contributed by atoms with Crippen molar-refractivity contribution in [3.05, 3.63) is 131 Å². The lowest BCUT2D eigenvalue weighted by Crippen LogP contribution is -2.35. The summed E-state index contributed by atoms with van der Waals surface area (Å²) in [5, 5.41) is 0. The zero-order chi connectivity index (χ0) is 42.8. The van der Waals surface area contributed by atoms with Crippen LogP contribution >= 0.6 is 0 Å². The molecule has 60 heavy (non-hydrogen) atoms. The van der Waals surface area contributed by atoms with Gasteiger partial charge in [-0.15, -0.1) is 0 Å². The highest BCUT2D eigenvalue weighted by Gasteiger charge is 2.25. The lowest BCUT2D eigenvalue weighted by molar-refractivity contribution is 0.0600. The largest absolute Gasteiger partial charge is 0.465 e. The second-order valence-corrected chi connectivity index (χ2v) is 19.4. The second-order valence-electron chi connectivity index (χ2n) is 15.3. The number of carbonyl (C=O) groups excluding carboxylic acids is 2. The molecule has 4 aromatic carbocycles. The number of Topliss-reactive ketones (excluding diaryl/α,β-unsaturated/α-hetero) is 1. The molecule has 2 aliphatic heterocycles. The van der Waals surface area contributed by atoms with Crippen molar-refractivity contribution in [3.8, 4) is 0 Å². The van der Waals surface area contributed by atoms with Crippen molar-refractivity contribution >= 4 is 43.2 Å². The standard InChI is InChI=1S/C23H31N3O3S.C23H30N2O4S/c24-18-23(27)21-12-10-20(11-13-21)19-26(22-8-3-1-4-9-22)30(28,29)17-7-16-25-14-5-2-6-15-25;1-29-23(26)21-13-11-20(12-14-21)19-25(22-9-4-2-5-10-22)30(27,28)18-8-17-24-15-6-3-7-16-24/h1,3-4,8-13H,2,5-7,14-19,24H2;2,4-5,9-14H,3,6-8,15-19H2,1H3. The topological polar surface area (TPSA) is 151 Å². The summed E-state index contributed by atoms with van der Waals surface area (Å²) in [6.45, 7) is 6.30. The molecule has 2 aliphatic rings. The number of benzene rings is 4. The number of carbonyl (C=O) groups is 2. The summed E-state index contributed by atoms with van der Waals surface area (Å²) < 4.78 is 60.6. The zero-order valence-corrected chi connectivity index (χ0v) is 36.5. The minimum Gasteiger partial charge on any atom is -0.465 e. The van der Waals surface area contributed by atoms with Gasteiger partial charge < -0.3 is 20.3 Å². The van der Waals surface area contributed by atoms with Gasteiger partial charge in [-0.3, -0.25) is 13.4 Å². The van der Waals surface area contributed by atoms with Gasteiger partial charge in [0.05, 0.1) is 55.2 Å². The van der Waals surface area contributed by atoms with E-state index >= 15 is 0 Å². The molecule has 0 aromatic heterocycles. The van der Waals surface area contributed by atoms with Crippen molar-refractivity contribution in [3.63, 3.8) is 0 Å². The summed E-state index contributed by atoms with van der Waals surface area (Å²) in [5.41, 5.74) is 9.33. The second kappa shape index (κ2) is 23.4. The number of ether oxygens (including phenoxy) is 1. The Morgan fingerprint density at radius 2 is 0.950 bits per heavy atom. The SMILES string of the molecule is COC(=O)c1ccc(CN(c2ccccc2)S(=O)(=O)CCCN2CCCCC2)cc1.NCC(=O)c1ccc(CN(c2ccccc2)S(=O)(=O)CCCN2CCCCC2)cc1. The molecule has 0 atom stereocenters. The number of methoxy groups -OCH3 is 1. The van der Waals surface area contributed by atoms with Gasteiger partial charge in [-0.25, -0.2) is 21.6 Å². The minimum atomic E-state index is -3.49. The van der Waals surface area contributed by atoms with Crippen molar-refractivity contribution in [2.45, 2.75) is 64.5 Å². The fraction of sp³-hybridized carbons (Fsp3) is 0.435. The lowest BCUT2D eigenvalue weighted by Gasteiger charge is -2.28. The Kier molecular flexibility index (Phi) is 18.1. The fourth-order valence-electron chi connectivity index (χ4n) is 7.53. The van der Waals surface area contributed by atoms with Gasteiger partial charge in [0.2, 0.25) is 20.0 Å². The zero-order valence-electron chi connectivity index (χ0n) is 34.9. The number of hydrogen-bond acceptors (Lipinski definition) is 10. The number of sulfonamides is 2. The molecule has 0 spiro atoms. The Labute approximate surface area is 357 Å². The molecule has 0 radical (unpaired) electrons. The van der Waals surface area contributed by atoms with Gasteiger partial charge in [-0.05, 0) is 125 Å². The van der Waals surface area contributed by atoms with E-state index in [9.17, 15) is 26.4 Å². The van der Waals surface area contributed by atoms with Gasteiger partial charge in [-0.2, -0.15) is 0 Å². The number of anilines is 2. The van der Waals surface area contributed by atoms with Gasteiger partial charge in [0.1, 0.15) is 0 Å². The number of piperidine rings is 2. The van der Waals surface area contributed by atoms with Gasteiger partial charge in [0, 0.05) is 5.56 Å². The van der Waals surface area contributed by atoms with Crippen LogP contribution in [0, 0.1) is 0 Å². The number of esters is 1. The molecule has 2 saturated heterocycles. The number of para-hydroxylation sites is 2. The van der Waals surface area contributed by atoms with E-state index in [0.29, 0.717) is 35.3 Å². The van der Waals surface area contributed by atoms with E-state index < -0.39 is 26.0 Å². The monoisotopic (exact) mass is 859 g/mol. The van der Waals surface area contributed by atoms with E-state index in [4.69, 9.17) is 10.5 Å². The number of nitrogens with two attached hydrogens (primary N) is 1. The Morgan fingerprint density at radius 3 is 1.32 bits per heavy atom. The van der Waals surface area contributed by atoms with Gasteiger partial charge >= 0.3 is 5.97 Å². The maximum atomic E-state index is 13.2. The molecular formula is C46H61N5O7S2. The summed E-state index contributed by atoms with van der Waals surface area (Å²) >= 11 is 0. The van der Waals surface area contributed by atoms with Crippen molar-refractivity contribution in [2.24, 2.45) is 5.73 Å². The molecule has 12 nitrogen and oxygen atoms in total. The first-order chi connectivity index (χ1) is 29.0. The average Bonchev–Trinajstić information content (AvgIpc) is 3.28. The van der Waals surface area contributed by atoms with Crippen LogP contribution in [0.4, 0.5) is 11.4 Å². The third kappa shape index (κ3) is 14.3. The maximum Gasteiger partial charge on any atom is 0.337 e.